The van der Waals surface area contributed by atoms with Crippen LogP contribution in [0.1, 0.15) is 62.2 Å². The van der Waals surface area contributed by atoms with Gasteiger partial charge in [-0.25, -0.2) is 0 Å². The van der Waals surface area contributed by atoms with Crippen molar-refractivity contribution in [3.63, 3.8) is 0 Å². The van der Waals surface area contributed by atoms with Crippen LogP contribution in [0, 0.1) is 5.92 Å². The van der Waals surface area contributed by atoms with E-state index in [1.165, 1.54) is 13.3 Å². The molecule has 1 heterocycles. The van der Waals surface area contributed by atoms with Crippen molar-refractivity contribution < 1.29 is 19.1 Å². The molecule has 2 amide bonds. The largest absolute Gasteiger partial charge is 0.427 e. The van der Waals surface area contributed by atoms with Crippen LogP contribution in [0.25, 0.3) is 0 Å². The van der Waals surface area contributed by atoms with Gasteiger partial charge in [-0.2, -0.15) is 0 Å². The maximum atomic E-state index is 12.7. The van der Waals surface area contributed by atoms with E-state index in [0.717, 1.165) is 38.5 Å². The number of likely N-dealkylation sites (tertiary alicyclic amines) is 1. The summed E-state index contributed by atoms with van der Waals surface area (Å²) in [5.41, 5.74) is 0.512. The van der Waals surface area contributed by atoms with Crippen LogP contribution in [-0.4, -0.2) is 41.8 Å². The van der Waals surface area contributed by atoms with Crippen LogP contribution in [0.15, 0.2) is 24.3 Å². The summed E-state index contributed by atoms with van der Waals surface area (Å²) in [6.07, 6.45) is 7.09. The Morgan fingerprint density at radius 2 is 1.74 bits per heavy atom. The molecule has 0 bridgehead atoms. The molecule has 2 aliphatic rings. The summed E-state index contributed by atoms with van der Waals surface area (Å²) >= 11 is 0. The first-order chi connectivity index (χ1) is 13.0. The number of hydrogen-bond donors (Lipinski definition) is 1. The van der Waals surface area contributed by atoms with Gasteiger partial charge in [0.1, 0.15) is 5.75 Å². The molecule has 3 rings (SSSR count). The smallest absolute Gasteiger partial charge is 0.308 e. The maximum absolute atomic E-state index is 12.7. The van der Waals surface area contributed by atoms with Gasteiger partial charge in [-0.3, -0.25) is 14.4 Å². The highest BCUT2D eigenvalue weighted by atomic mass is 16.5. The van der Waals surface area contributed by atoms with E-state index in [2.05, 4.69) is 5.32 Å². The van der Waals surface area contributed by atoms with Gasteiger partial charge in [-0.1, -0.05) is 25.3 Å². The van der Waals surface area contributed by atoms with Gasteiger partial charge in [0.2, 0.25) is 5.91 Å². The highest BCUT2D eigenvalue weighted by molar-refractivity contribution is 5.94. The topological polar surface area (TPSA) is 75.7 Å². The number of ether oxygens (including phenoxy) is 1. The number of nitrogens with one attached hydrogen (secondary N) is 1. The fourth-order valence-electron chi connectivity index (χ4n) is 3.95. The second-order valence-electron chi connectivity index (χ2n) is 7.53. The molecule has 1 aromatic rings. The summed E-state index contributed by atoms with van der Waals surface area (Å²) < 4.78 is 5.05. The number of esters is 1. The molecular weight excluding hydrogens is 344 g/mol. The zero-order chi connectivity index (χ0) is 19.2. The Kier molecular flexibility index (Phi) is 6.48. The van der Waals surface area contributed by atoms with Gasteiger partial charge in [0.15, 0.2) is 0 Å². The molecule has 0 radical (unpaired) electrons. The van der Waals surface area contributed by atoms with Gasteiger partial charge in [0.25, 0.3) is 5.91 Å². The summed E-state index contributed by atoms with van der Waals surface area (Å²) in [6.45, 7) is 2.57. The maximum Gasteiger partial charge on any atom is 0.308 e. The molecule has 1 saturated carbocycles. The third-order valence-corrected chi connectivity index (χ3v) is 5.45. The lowest BCUT2D eigenvalue weighted by molar-refractivity contribution is -0.132. The normalized spacial score (nSPS) is 18.8. The minimum absolute atomic E-state index is 0.0685. The summed E-state index contributed by atoms with van der Waals surface area (Å²) in [5, 5.41) is 3.18. The molecule has 0 unspecified atom stereocenters. The van der Waals surface area contributed by atoms with Crippen molar-refractivity contribution in [3.8, 4) is 5.75 Å². The first-order valence-corrected chi connectivity index (χ1v) is 9.91. The van der Waals surface area contributed by atoms with Gasteiger partial charge in [-0.15, -0.1) is 0 Å². The Hall–Kier alpha value is -2.37. The van der Waals surface area contributed by atoms with E-state index >= 15 is 0 Å². The Morgan fingerprint density at radius 1 is 1.04 bits per heavy atom. The molecule has 27 heavy (non-hydrogen) atoms. The SMILES string of the molecule is CC(=O)Oc1cccc(C(=O)N2CCC(NC(=O)C3CCCCC3)CC2)c1. The van der Waals surface area contributed by atoms with E-state index in [1.807, 2.05) is 0 Å². The van der Waals surface area contributed by atoms with Crippen molar-refractivity contribution in [2.24, 2.45) is 5.92 Å². The monoisotopic (exact) mass is 372 g/mol. The summed E-state index contributed by atoms with van der Waals surface area (Å²) in [5.74, 6) is 0.258. The van der Waals surface area contributed by atoms with Gasteiger partial charge < -0.3 is 15.0 Å². The highest BCUT2D eigenvalue weighted by Gasteiger charge is 2.27. The van der Waals surface area contributed by atoms with Crippen molar-refractivity contribution in [3.05, 3.63) is 29.8 Å². The van der Waals surface area contributed by atoms with Gasteiger partial charge in [-0.05, 0) is 43.9 Å². The van der Waals surface area contributed by atoms with E-state index < -0.39 is 5.97 Å². The van der Waals surface area contributed by atoms with Crippen LogP contribution < -0.4 is 10.1 Å². The Labute approximate surface area is 160 Å². The molecule has 1 saturated heterocycles. The number of carbonyl (C=O) groups excluding carboxylic acids is 3. The van der Waals surface area contributed by atoms with Crippen molar-refractivity contribution in [2.45, 2.75) is 57.9 Å². The highest BCUT2D eigenvalue weighted by Crippen LogP contribution is 2.24. The predicted octanol–water partition coefficient (Wildman–Crippen LogP) is 2.91. The number of rotatable bonds is 4. The summed E-state index contributed by atoms with van der Waals surface area (Å²) in [7, 11) is 0. The number of piperidine rings is 1. The van der Waals surface area contributed by atoms with Gasteiger partial charge >= 0.3 is 5.97 Å². The van der Waals surface area contributed by atoms with Crippen LogP contribution in [-0.2, 0) is 9.59 Å². The van der Waals surface area contributed by atoms with Crippen LogP contribution in [0.2, 0.25) is 0 Å². The molecular formula is C21H28N2O4. The Bertz CT molecular complexity index is 689. The van der Waals surface area contributed by atoms with E-state index in [0.29, 0.717) is 24.4 Å². The predicted molar refractivity (Wildman–Crippen MR) is 101 cm³/mol. The zero-order valence-corrected chi connectivity index (χ0v) is 15.9. The molecule has 0 atom stereocenters. The lowest BCUT2D eigenvalue weighted by atomic mass is 9.88. The fourth-order valence-corrected chi connectivity index (χ4v) is 3.95. The number of nitrogens with zero attached hydrogens (tertiary/aromatic N) is 1. The second kappa shape index (κ2) is 9.02. The van der Waals surface area contributed by atoms with E-state index in [-0.39, 0.29) is 23.8 Å². The van der Waals surface area contributed by atoms with Gasteiger partial charge in [0.05, 0.1) is 0 Å². The van der Waals surface area contributed by atoms with Crippen molar-refractivity contribution >= 4 is 17.8 Å². The number of benzene rings is 1. The lowest BCUT2D eigenvalue weighted by Crippen LogP contribution is -2.48. The molecule has 1 aromatic carbocycles. The lowest BCUT2D eigenvalue weighted by Gasteiger charge is -2.33. The van der Waals surface area contributed by atoms with E-state index in [9.17, 15) is 14.4 Å². The third-order valence-electron chi connectivity index (χ3n) is 5.45. The molecule has 1 aliphatic heterocycles. The molecule has 6 heteroatoms. The quantitative estimate of drug-likeness (QED) is 0.651. The van der Waals surface area contributed by atoms with Crippen molar-refractivity contribution in [1.29, 1.82) is 0 Å². The first-order valence-electron chi connectivity index (χ1n) is 9.91. The Balaban J connectivity index is 1.50. The number of carbonyl (C=O) groups is 3. The average Bonchev–Trinajstić information content (AvgIpc) is 2.68. The van der Waals surface area contributed by atoms with Gasteiger partial charge in [0, 0.05) is 37.5 Å². The summed E-state index contributed by atoms with van der Waals surface area (Å²) in [6, 6.07) is 6.84. The van der Waals surface area contributed by atoms with Crippen molar-refractivity contribution in [1.82, 2.24) is 10.2 Å². The standard InChI is InChI=1S/C21H28N2O4/c1-15(24)27-19-9-5-8-17(14-19)21(26)23-12-10-18(11-13-23)22-20(25)16-6-3-2-4-7-16/h5,8-9,14,16,18H,2-4,6-7,10-13H2,1H3,(H,22,25). The zero-order valence-electron chi connectivity index (χ0n) is 15.9. The Morgan fingerprint density at radius 3 is 2.41 bits per heavy atom. The third kappa shape index (κ3) is 5.31. The minimum Gasteiger partial charge on any atom is -0.427 e. The fraction of sp³-hybridized carbons (Fsp3) is 0.571. The van der Waals surface area contributed by atoms with Crippen LogP contribution in [0.4, 0.5) is 0 Å². The number of amides is 2. The number of hydrogen-bond acceptors (Lipinski definition) is 4. The minimum atomic E-state index is -0.408. The first kappa shape index (κ1) is 19.4. The average molecular weight is 372 g/mol. The molecule has 146 valence electrons. The summed E-state index contributed by atoms with van der Waals surface area (Å²) in [4.78, 5) is 38.0. The van der Waals surface area contributed by atoms with E-state index in [4.69, 9.17) is 4.74 Å². The van der Waals surface area contributed by atoms with Crippen molar-refractivity contribution in [2.75, 3.05) is 13.1 Å². The molecule has 6 nitrogen and oxygen atoms in total. The second-order valence-corrected chi connectivity index (χ2v) is 7.53. The molecule has 1 N–H and O–H groups in total. The molecule has 2 fully saturated rings. The molecule has 0 spiro atoms. The van der Waals surface area contributed by atoms with Crippen LogP contribution >= 0.6 is 0 Å². The van der Waals surface area contributed by atoms with E-state index in [1.54, 1.807) is 29.2 Å². The van der Waals surface area contributed by atoms with Crippen LogP contribution in [0.5, 0.6) is 5.75 Å². The molecule has 0 aromatic heterocycles. The molecule has 1 aliphatic carbocycles. The van der Waals surface area contributed by atoms with Crippen LogP contribution in [0.3, 0.4) is 0 Å².